The van der Waals surface area contributed by atoms with Crippen molar-refractivity contribution in [3.05, 3.63) is 73.1 Å². The van der Waals surface area contributed by atoms with Crippen molar-refractivity contribution in [1.29, 1.82) is 0 Å². The van der Waals surface area contributed by atoms with E-state index in [9.17, 15) is 4.39 Å². The highest BCUT2D eigenvalue weighted by molar-refractivity contribution is 5.99. The molecule has 9 nitrogen and oxygen atoms in total. The van der Waals surface area contributed by atoms with Gasteiger partial charge in [-0.2, -0.15) is 5.10 Å². The molecule has 0 atom stereocenters. The second-order valence-corrected chi connectivity index (χ2v) is 9.02. The van der Waals surface area contributed by atoms with Gasteiger partial charge in [0.15, 0.2) is 0 Å². The number of hydrogen-bond donors (Lipinski definition) is 3. The molecule has 0 bridgehead atoms. The van der Waals surface area contributed by atoms with Crippen LogP contribution in [-0.2, 0) is 0 Å². The first kappa shape index (κ1) is 22.7. The van der Waals surface area contributed by atoms with Crippen LogP contribution in [-0.4, -0.2) is 67.2 Å². The first-order chi connectivity index (χ1) is 18.0. The molecule has 5 heterocycles. The molecular weight excluding hydrogens is 469 g/mol. The van der Waals surface area contributed by atoms with E-state index in [1.807, 2.05) is 44.4 Å². The Bertz CT molecular complexity index is 1710. The summed E-state index contributed by atoms with van der Waals surface area (Å²) in [6, 6.07) is 12.6. The van der Waals surface area contributed by atoms with Crippen molar-refractivity contribution in [2.45, 2.75) is 0 Å². The SMILES string of the molecule is CN(C)CCNc1cc(F)cc(-c2nccc3[nH]c(-c4n[nH]c5ccc(-c6cnccn6)nc45)cc23)c1. The Hall–Kier alpha value is -4.70. The smallest absolute Gasteiger partial charge is 0.135 e. The Kier molecular flexibility index (Phi) is 5.78. The average molecular weight is 494 g/mol. The summed E-state index contributed by atoms with van der Waals surface area (Å²) >= 11 is 0. The lowest BCUT2D eigenvalue weighted by Crippen LogP contribution is -2.20. The van der Waals surface area contributed by atoms with Gasteiger partial charge in [0.05, 0.1) is 28.8 Å². The van der Waals surface area contributed by atoms with Crippen LogP contribution in [0.1, 0.15) is 0 Å². The zero-order chi connectivity index (χ0) is 25.4. The summed E-state index contributed by atoms with van der Waals surface area (Å²) in [5.41, 5.74) is 7.31. The number of aromatic amines is 2. The van der Waals surface area contributed by atoms with Crippen molar-refractivity contribution in [3.8, 4) is 34.0 Å². The molecule has 6 aromatic rings. The number of anilines is 1. The van der Waals surface area contributed by atoms with E-state index < -0.39 is 0 Å². The predicted molar refractivity (Wildman–Crippen MR) is 142 cm³/mol. The lowest BCUT2D eigenvalue weighted by atomic mass is 10.1. The highest BCUT2D eigenvalue weighted by Crippen LogP contribution is 2.34. The van der Waals surface area contributed by atoms with Crippen molar-refractivity contribution in [1.82, 2.24) is 40.0 Å². The van der Waals surface area contributed by atoms with E-state index >= 15 is 0 Å². The van der Waals surface area contributed by atoms with Crippen LogP contribution in [0.5, 0.6) is 0 Å². The summed E-state index contributed by atoms with van der Waals surface area (Å²) in [5.74, 6) is -0.321. The van der Waals surface area contributed by atoms with Gasteiger partial charge in [0.2, 0.25) is 0 Å². The van der Waals surface area contributed by atoms with Crippen LogP contribution in [0.4, 0.5) is 10.1 Å². The summed E-state index contributed by atoms with van der Waals surface area (Å²) in [7, 11) is 4.00. The molecule has 0 unspecified atom stereocenters. The van der Waals surface area contributed by atoms with E-state index in [2.05, 4.69) is 40.3 Å². The van der Waals surface area contributed by atoms with Gasteiger partial charge in [0.25, 0.3) is 0 Å². The van der Waals surface area contributed by atoms with Crippen molar-refractivity contribution in [2.75, 3.05) is 32.5 Å². The molecule has 6 rings (SSSR count). The van der Waals surface area contributed by atoms with Crippen LogP contribution in [0.15, 0.2) is 67.3 Å². The highest BCUT2D eigenvalue weighted by Gasteiger charge is 2.17. The second kappa shape index (κ2) is 9.40. The number of aromatic nitrogens is 7. The maximum absolute atomic E-state index is 14.6. The molecule has 5 aromatic heterocycles. The molecule has 184 valence electrons. The molecule has 37 heavy (non-hydrogen) atoms. The number of benzene rings is 1. The summed E-state index contributed by atoms with van der Waals surface area (Å²) in [6.45, 7) is 1.54. The molecule has 1 aromatic carbocycles. The largest absolute Gasteiger partial charge is 0.384 e. The maximum atomic E-state index is 14.6. The molecule has 3 N–H and O–H groups in total. The van der Waals surface area contributed by atoms with Crippen LogP contribution in [0, 0.1) is 5.82 Å². The van der Waals surface area contributed by atoms with E-state index in [0.717, 1.165) is 28.7 Å². The molecule has 10 heteroatoms. The molecule has 0 aliphatic carbocycles. The van der Waals surface area contributed by atoms with Gasteiger partial charge in [-0.05, 0) is 56.6 Å². The van der Waals surface area contributed by atoms with Gasteiger partial charge < -0.3 is 15.2 Å². The van der Waals surface area contributed by atoms with Crippen molar-refractivity contribution in [2.24, 2.45) is 0 Å². The minimum absolute atomic E-state index is 0.321. The van der Waals surface area contributed by atoms with E-state index in [-0.39, 0.29) is 5.82 Å². The standard InChI is InChI=1S/C27H24FN9/c1-37(2)10-9-30-18-12-16(11-17(28)13-18)25-19-14-23(33-20(19)5-6-32-25)27-26-22(35-36-27)4-3-21(34-26)24-15-29-7-8-31-24/h3-8,11-15,30,33H,9-10H2,1-2H3,(H,35,36). The molecule has 0 saturated heterocycles. The number of nitrogens with one attached hydrogen (secondary N) is 3. The predicted octanol–water partition coefficient (Wildman–Crippen LogP) is 4.74. The monoisotopic (exact) mass is 493 g/mol. The average Bonchev–Trinajstić information content (AvgIpc) is 3.52. The number of fused-ring (bicyclic) bond motifs is 2. The fourth-order valence-corrected chi connectivity index (χ4v) is 4.32. The molecule has 0 aliphatic heterocycles. The number of pyridine rings is 2. The fourth-order valence-electron chi connectivity index (χ4n) is 4.32. The first-order valence-corrected chi connectivity index (χ1v) is 11.8. The molecule has 0 aliphatic rings. The quantitative estimate of drug-likeness (QED) is 0.295. The summed E-state index contributed by atoms with van der Waals surface area (Å²) in [6.07, 6.45) is 6.66. The number of likely N-dealkylation sites (N-methyl/N-ethyl adjacent to an activating group) is 1. The molecule has 0 radical (unpaired) electrons. The molecule has 0 fully saturated rings. The summed E-state index contributed by atoms with van der Waals surface area (Å²) in [5, 5.41) is 11.7. The Morgan fingerprint density at radius 1 is 0.919 bits per heavy atom. The van der Waals surface area contributed by atoms with Crippen LogP contribution in [0.2, 0.25) is 0 Å². The minimum atomic E-state index is -0.321. The van der Waals surface area contributed by atoms with Crippen LogP contribution in [0.3, 0.4) is 0 Å². The topological polar surface area (TPSA) is 111 Å². The van der Waals surface area contributed by atoms with E-state index in [0.29, 0.717) is 46.1 Å². The maximum Gasteiger partial charge on any atom is 0.135 e. The lowest BCUT2D eigenvalue weighted by molar-refractivity contribution is 0.425. The number of rotatable bonds is 7. The van der Waals surface area contributed by atoms with Crippen LogP contribution in [0.25, 0.3) is 56.0 Å². The van der Waals surface area contributed by atoms with Gasteiger partial charge in [-0.15, -0.1) is 0 Å². The highest BCUT2D eigenvalue weighted by atomic mass is 19.1. The number of H-pyrrole nitrogens is 2. The number of hydrogen-bond acceptors (Lipinski definition) is 7. The molecule has 0 spiro atoms. The Morgan fingerprint density at radius 2 is 1.84 bits per heavy atom. The van der Waals surface area contributed by atoms with E-state index in [1.165, 1.54) is 12.1 Å². The number of halogens is 1. The van der Waals surface area contributed by atoms with Crippen molar-refractivity contribution < 1.29 is 4.39 Å². The fraction of sp³-hybridized carbons (Fsp3) is 0.148. The molecular formula is C27H24FN9. The zero-order valence-corrected chi connectivity index (χ0v) is 20.3. The van der Waals surface area contributed by atoms with Crippen molar-refractivity contribution >= 4 is 27.6 Å². The first-order valence-electron chi connectivity index (χ1n) is 11.8. The Labute approximate surface area is 211 Å². The third-order valence-electron chi connectivity index (χ3n) is 6.10. The van der Waals surface area contributed by atoms with Gasteiger partial charge in [-0.25, -0.2) is 9.37 Å². The van der Waals surface area contributed by atoms with Gasteiger partial charge >= 0.3 is 0 Å². The van der Waals surface area contributed by atoms with Gasteiger partial charge in [0, 0.05) is 53.8 Å². The third-order valence-corrected chi connectivity index (χ3v) is 6.10. The van der Waals surface area contributed by atoms with Gasteiger partial charge in [-0.1, -0.05) is 0 Å². The van der Waals surface area contributed by atoms with E-state index in [4.69, 9.17) is 4.98 Å². The van der Waals surface area contributed by atoms with Crippen molar-refractivity contribution in [3.63, 3.8) is 0 Å². The van der Waals surface area contributed by atoms with Gasteiger partial charge in [0.1, 0.15) is 22.7 Å². The Balaban J connectivity index is 1.41. The van der Waals surface area contributed by atoms with E-state index in [1.54, 1.807) is 24.8 Å². The zero-order valence-electron chi connectivity index (χ0n) is 20.3. The third kappa shape index (κ3) is 4.50. The summed E-state index contributed by atoms with van der Waals surface area (Å²) in [4.78, 5) is 23.4. The normalized spacial score (nSPS) is 11.6. The second-order valence-electron chi connectivity index (χ2n) is 9.02. The molecule has 0 saturated carbocycles. The molecule has 0 amide bonds. The summed E-state index contributed by atoms with van der Waals surface area (Å²) < 4.78 is 14.6. The van der Waals surface area contributed by atoms with Crippen LogP contribution >= 0.6 is 0 Å². The Morgan fingerprint density at radius 3 is 2.68 bits per heavy atom. The van der Waals surface area contributed by atoms with Crippen LogP contribution < -0.4 is 5.32 Å². The van der Waals surface area contributed by atoms with Gasteiger partial charge in [-0.3, -0.25) is 20.1 Å². The number of nitrogens with zero attached hydrogens (tertiary/aromatic N) is 6. The minimum Gasteiger partial charge on any atom is -0.384 e. The lowest BCUT2D eigenvalue weighted by Gasteiger charge is -2.12.